The van der Waals surface area contributed by atoms with Gasteiger partial charge in [-0.2, -0.15) is 4.31 Å². The molecule has 19 heavy (non-hydrogen) atoms. The highest BCUT2D eigenvalue weighted by Gasteiger charge is 2.44. The SMILES string of the molecule is CC1SCC(C(=O)O)N1S(=O)(=O)c1ccc(Br)cc1. The van der Waals surface area contributed by atoms with Crippen LogP contribution in [0.4, 0.5) is 0 Å². The fraction of sp³-hybridized carbons (Fsp3) is 0.364. The number of thioether (sulfide) groups is 1. The van der Waals surface area contributed by atoms with Crippen LogP contribution < -0.4 is 0 Å². The van der Waals surface area contributed by atoms with Crippen LogP contribution in [0.15, 0.2) is 33.6 Å². The number of carboxylic acids is 1. The normalized spacial score (nSPS) is 24.5. The predicted octanol–water partition coefficient (Wildman–Crippen LogP) is 1.99. The van der Waals surface area contributed by atoms with Crippen molar-refractivity contribution in [3.8, 4) is 0 Å². The van der Waals surface area contributed by atoms with E-state index in [0.717, 1.165) is 8.78 Å². The first kappa shape index (κ1) is 14.8. The summed E-state index contributed by atoms with van der Waals surface area (Å²) in [5.41, 5.74) is 0. The molecule has 8 heteroatoms. The lowest BCUT2D eigenvalue weighted by atomic mass is 10.3. The highest BCUT2D eigenvalue weighted by Crippen LogP contribution is 2.34. The predicted molar refractivity (Wildman–Crippen MR) is 76.5 cm³/mol. The van der Waals surface area contributed by atoms with Gasteiger partial charge in [-0.1, -0.05) is 15.9 Å². The maximum atomic E-state index is 12.5. The number of halogens is 1. The van der Waals surface area contributed by atoms with Gasteiger partial charge in [0.1, 0.15) is 6.04 Å². The second kappa shape index (κ2) is 5.43. The zero-order valence-electron chi connectivity index (χ0n) is 9.98. The van der Waals surface area contributed by atoms with Crippen molar-refractivity contribution in [1.29, 1.82) is 0 Å². The van der Waals surface area contributed by atoms with Crippen LogP contribution in [0, 0.1) is 0 Å². The molecule has 1 saturated heterocycles. The molecular weight excluding hydrogens is 354 g/mol. The molecule has 0 bridgehead atoms. The molecular formula is C11H12BrNO4S2. The van der Waals surface area contributed by atoms with Crippen molar-refractivity contribution < 1.29 is 18.3 Å². The number of hydrogen-bond donors (Lipinski definition) is 1. The third-order valence-electron chi connectivity index (χ3n) is 2.83. The van der Waals surface area contributed by atoms with Gasteiger partial charge < -0.3 is 5.11 Å². The van der Waals surface area contributed by atoms with E-state index in [4.69, 9.17) is 5.11 Å². The van der Waals surface area contributed by atoms with Gasteiger partial charge in [0, 0.05) is 10.2 Å². The summed E-state index contributed by atoms with van der Waals surface area (Å²) < 4.78 is 26.9. The topological polar surface area (TPSA) is 74.7 Å². The minimum Gasteiger partial charge on any atom is -0.480 e. The Balaban J connectivity index is 2.43. The summed E-state index contributed by atoms with van der Waals surface area (Å²) in [6.45, 7) is 1.70. The summed E-state index contributed by atoms with van der Waals surface area (Å²) in [4.78, 5) is 11.3. The van der Waals surface area contributed by atoms with Crippen LogP contribution >= 0.6 is 27.7 Å². The van der Waals surface area contributed by atoms with Gasteiger partial charge in [0.15, 0.2) is 0 Å². The maximum Gasteiger partial charge on any atom is 0.322 e. The van der Waals surface area contributed by atoms with Crippen molar-refractivity contribution in [3.05, 3.63) is 28.7 Å². The molecule has 5 nitrogen and oxygen atoms in total. The minimum absolute atomic E-state index is 0.108. The Labute approximate surface area is 124 Å². The Morgan fingerprint density at radius 3 is 2.53 bits per heavy atom. The van der Waals surface area contributed by atoms with Gasteiger partial charge in [-0.05, 0) is 31.2 Å². The molecule has 0 aromatic heterocycles. The third-order valence-corrected chi connectivity index (χ3v) is 6.71. The molecule has 104 valence electrons. The van der Waals surface area contributed by atoms with E-state index in [-0.39, 0.29) is 16.0 Å². The second-order valence-electron chi connectivity index (χ2n) is 4.08. The summed E-state index contributed by atoms with van der Waals surface area (Å²) >= 11 is 4.56. The van der Waals surface area contributed by atoms with E-state index in [1.807, 2.05) is 0 Å². The van der Waals surface area contributed by atoms with Crippen LogP contribution in [0.3, 0.4) is 0 Å². The number of nitrogens with zero attached hydrogens (tertiary/aromatic N) is 1. The number of aliphatic carboxylic acids is 1. The fourth-order valence-corrected chi connectivity index (χ4v) is 5.46. The molecule has 0 amide bonds. The lowest BCUT2D eigenvalue weighted by molar-refractivity contribution is -0.140. The van der Waals surface area contributed by atoms with E-state index >= 15 is 0 Å². The number of carbonyl (C=O) groups is 1. The first-order valence-corrected chi connectivity index (χ1v) is 8.75. The highest BCUT2D eigenvalue weighted by molar-refractivity contribution is 9.10. The van der Waals surface area contributed by atoms with E-state index in [0.29, 0.717) is 0 Å². The first-order valence-electron chi connectivity index (χ1n) is 5.47. The summed E-state index contributed by atoms with van der Waals surface area (Å²) in [5, 5.41) is 8.75. The largest absolute Gasteiger partial charge is 0.480 e. The molecule has 1 heterocycles. The molecule has 2 unspecified atom stereocenters. The van der Waals surface area contributed by atoms with Crippen LogP contribution in [-0.4, -0.2) is 41.0 Å². The van der Waals surface area contributed by atoms with Crippen molar-refractivity contribution in [3.63, 3.8) is 0 Å². The summed E-state index contributed by atoms with van der Waals surface area (Å²) in [7, 11) is -3.79. The number of sulfonamides is 1. The molecule has 0 radical (unpaired) electrons. The van der Waals surface area contributed by atoms with Gasteiger partial charge in [0.05, 0.1) is 10.3 Å². The van der Waals surface area contributed by atoms with Crippen molar-refractivity contribution in [2.75, 3.05) is 5.75 Å². The summed E-state index contributed by atoms with van der Waals surface area (Å²) in [6.07, 6.45) is 0. The van der Waals surface area contributed by atoms with Gasteiger partial charge in [-0.3, -0.25) is 4.79 Å². The standard InChI is InChI=1S/C11H12BrNO4S2/c1-7-13(10(6-18-7)11(14)15)19(16,17)9-4-2-8(12)3-5-9/h2-5,7,10H,6H2,1H3,(H,14,15). The van der Waals surface area contributed by atoms with Crippen LogP contribution in [0.25, 0.3) is 0 Å². The zero-order valence-corrected chi connectivity index (χ0v) is 13.2. The monoisotopic (exact) mass is 365 g/mol. The van der Waals surface area contributed by atoms with Crippen LogP contribution in [0.1, 0.15) is 6.92 Å². The number of benzene rings is 1. The molecule has 2 atom stereocenters. The van der Waals surface area contributed by atoms with Gasteiger partial charge >= 0.3 is 5.97 Å². The average Bonchev–Trinajstić information content (AvgIpc) is 2.72. The molecule has 1 aromatic rings. The van der Waals surface area contributed by atoms with Gasteiger partial charge in [0.25, 0.3) is 0 Å². The minimum atomic E-state index is -3.79. The van der Waals surface area contributed by atoms with E-state index in [2.05, 4.69) is 15.9 Å². The van der Waals surface area contributed by atoms with Crippen molar-refractivity contribution >= 4 is 43.7 Å². The molecule has 0 saturated carbocycles. The third kappa shape index (κ3) is 2.81. The van der Waals surface area contributed by atoms with Crippen molar-refractivity contribution in [2.45, 2.75) is 23.2 Å². The van der Waals surface area contributed by atoms with E-state index in [1.54, 1.807) is 19.1 Å². The Bertz CT molecular complexity index is 587. The Hall–Kier alpha value is -0.570. The van der Waals surface area contributed by atoms with Gasteiger partial charge in [0.2, 0.25) is 10.0 Å². The van der Waals surface area contributed by atoms with Crippen molar-refractivity contribution in [2.24, 2.45) is 0 Å². The Morgan fingerprint density at radius 2 is 2.00 bits per heavy atom. The lowest BCUT2D eigenvalue weighted by Gasteiger charge is -2.24. The van der Waals surface area contributed by atoms with Crippen LogP contribution in [-0.2, 0) is 14.8 Å². The van der Waals surface area contributed by atoms with E-state index < -0.39 is 22.0 Å². The lowest BCUT2D eigenvalue weighted by Crippen LogP contribution is -2.44. The molecule has 0 spiro atoms. The van der Waals surface area contributed by atoms with Gasteiger partial charge in [-0.25, -0.2) is 8.42 Å². The summed E-state index contributed by atoms with van der Waals surface area (Å²) in [5.74, 6) is -0.843. The highest BCUT2D eigenvalue weighted by atomic mass is 79.9. The Morgan fingerprint density at radius 1 is 1.42 bits per heavy atom. The molecule has 0 aliphatic carbocycles. The molecule has 1 aliphatic rings. The van der Waals surface area contributed by atoms with Crippen LogP contribution in [0.5, 0.6) is 0 Å². The molecule has 1 N–H and O–H groups in total. The quantitative estimate of drug-likeness (QED) is 0.886. The number of hydrogen-bond acceptors (Lipinski definition) is 4. The van der Waals surface area contributed by atoms with Crippen molar-refractivity contribution in [1.82, 2.24) is 4.31 Å². The molecule has 1 aliphatic heterocycles. The molecule has 1 fully saturated rings. The van der Waals surface area contributed by atoms with Crippen LogP contribution in [0.2, 0.25) is 0 Å². The maximum absolute atomic E-state index is 12.5. The van der Waals surface area contributed by atoms with Gasteiger partial charge in [-0.15, -0.1) is 11.8 Å². The number of carboxylic acid groups (broad SMARTS) is 1. The molecule has 2 rings (SSSR count). The Kier molecular flexibility index (Phi) is 4.24. The van der Waals surface area contributed by atoms with E-state index in [1.165, 1.54) is 23.9 Å². The summed E-state index contributed by atoms with van der Waals surface area (Å²) in [6, 6.07) is 5.17. The molecule has 1 aromatic carbocycles. The first-order chi connectivity index (χ1) is 8.84. The fourth-order valence-electron chi connectivity index (χ4n) is 1.90. The zero-order chi connectivity index (χ0) is 14.2. The average molecular weight is 366 g/mol. The second-order valence-corrected chi connectivity index (χ2v) is 8.18. The van der Waals surface area contributed by atoms with E-state index in [9.17, 15) is 13.2 Å². The smallest absolute Gasteiger partial charge is 0.322 e. The number of rotatable bonds is 3.